The zero-order valence-corrected chi connectivity index (χ0v) is 18.1. The lowest BCUT2D eigenvalue weighted by molar-refractivity contribution is -0.157. The van der Waals surface area contributed by atoms with Crippen LogP contribution in [0.3, 0.4) is 0 Å². The Kier molecular flexibility index (Phi) is 6.00. The fraction of sp³-hybridized carbons (Fsp3) is 0.480. The monoisotopic (exact) mass is 409 g/mol. The molecule has 2 aliphatic rings. The lowest BCUT2D eigenvalue weighted by Crippen LogP contribution is -2.46. The zero-order valence-electron chi connectivity index (χ0n) is 18.1. The summed E-state index contributed by atoms with van der Waals surface area (Å²) in [6.45, 7) is 3.04. The summed E-state index contributed by atoms with van der Waals surface area (Å²) in [5.41, 5.74) is 1.79. The summed E-state index contributed by atoms with van der Waals surface area (Å²) in [7, 11) is 3.34. The Bertz CT molecular complexity index is 884. The predicted octanol–water partition coefficient (Wildman–Crippen LogP) is 4.23. The van der Waals surface area contributed by atoms with Gasteiger partial charge >= 0.3 is 5.97 Å². The second kappa shape index (κ2) is 8.68. The van der Waals surface area contributed by atoms with Crippen molar-refractivity contribution in [2.24, 2.45) is 5.41 Å². The second-order valence-electron chi connectivity index (χ2n) is 8.32. The number of hydrogen-bond donors (Lipinski definition) is 0. The molecule has 0 N–H and O–H groups in total. The standard InChI is InChI=1S/C25H31NO4/c1-4-30-24(27)25(15-18-9-6-5-7-10-18)16-20-13-14-22(25)26(20)17-19-11-8-12-21(28-2)23(19)29-3/h5-12,20,22H,4,13-17H2,1-3H3/t20-,22+,25+/m0/s1. The molecule has 2 aromatic rings. The Labute approximate surface area is 178 Å². The van der Waals surface area contributed by atoms with E-state index in [9.17, 15) is 4.79 Å². The van der Waals surface area contributed by atoms with Gasteiger partial charge < -0.3 is 14.2 Å². The molecule has 30 heavy (non-hydrogen) atoms. The molecule has 160 valence electrons. The molecule has 0 spiro atoms. The van der Waals surface area contributed by atoms with Crippen LogP contribution in [0.2, 0.25) is 0 Å². The molecule has 0 radical (unpaired) electrons. The average Bonchev–Trinajstić information content (AvgIpc) is 3.29. The number of nitrogens with zero attached hydrogens (tertiary/aromatic N) is 1. The Morgan fingerprint density at radius 1 is 1.07 bits per heavy atom. The number of fused-ring (bicyclic) bond motifs is 2. The molecule has 5 heteroatoms. The molecular formula is C25H31NO4. The van der Waals surface area contributed by atoms with E-state index in [2.05, 4.69) is 23.1 Å². The number of benzene rings is 2. The minimum absolute atomic E-state index is 0.0522. The molecule has 0 aromatic heterocycles. The van der Waals surface area contributed by atoms with Crippen LogP contribution in [-0.2, 0) is 22.5 Å². The molecule has 0 saturated carbocycles. The van der Waals surface area contributed by atoms with E-state index in [1.165, 1.54) is 5.56 Å². The van der Waals surface area contributed by atoms with E-state index in [0.29, 0.717) is 12.6 Å². The molecule has 2 saturated heterocycles. The van der Waals surface area contributed by atoms with Crippen LogP contribution in [0, 0.1) is 5.41 Å². The van der Waals surface area contributed by atoms with Gasteiger partial charge in [0.15, 0.2) is 11.5 Å². The van der Waals surface area contributed by atoms with E-state index in [1.807, 2.05) is 37.3 Å². The van der Waals surface area contributed by atoms with Gasteiger partial charge in [-0.15, -0.1) is 0 Å². The van der Waals surface area contributed by atoms with Crippen LogP contribution in [0.25, 0.3) is 0 Å². The number of rotatable bonds is 8. The van der Waals surface area contributed by atoms with Gasteiger partial charge in [-0.2, -0.15) is 0 Å². The van der Waals surface area contributed by atoms with E-state index in [4.69, 9.17) is 14.2 Å². The van der Waals surface area contributed by atoms with Crippen molar-refractivity contribution in [3.8, 4) is 11.5 Å². The maximum absolute atomic E-state index is 13.3. The third kappa shape index (κ3) is 3.56. The van der Waals surface area contributed by atoms with E-state index in [-0.39, 0.29) is 12.0 Å². The Hall–Kier alpha value is -2.53. The number of methoxy groups -OCH3 is 2. The number of para-hydroxylation sites is 1. The molecule has 0 aliphatic carbocycles. The first-order valence-corrected chi connectivity index (χ1v) is 10.8. The van der Waals surface area contributed by atoms with E-state index in [1.54, 1.807) is 14.2 Å². The fourth-order valence-electron chi connectivity index (χ4n) is 5.54. The summed E-state index contributed by atoms with van der Waals surface area (Å²) >= 11 is 0. The average molecular weight is 410 g/mol. The molecule has 5 nitrogen and oxygen atoms in total. The van der Waals surface area contributed by atoms with Crippen LogP contribution in [0.4, 0.5) is 0 Å². The highest BCUT2D eigenvalue weighted by Gasteiger charge is 2.60. The van der Waals surface area contributed by atoms with Crippen molar-refractivity contribution in [3.63, 3.8) is 0 Å². The Morgan fingerprint density at radius 2 is 1.87 bits per heavy atom. The first-order valence-electron chi connectivity index (χ1n) is 10.8. The van der Waals surface area contributed by atoms with Gasteiger partial charge in [0, 0.05) is 24.2 Å². The summed E-state index contributed by atoms with van der Waals surface area (Å²) in [6, 6.07) is 16.9. The summed E-state index contributed by atoms with van der Waals surface area (Å²) in [5, 5.41) is 0. The van der Waals surface area contributed by atoms with Crippen molar-refractivity contribution >= 4 is 5.97 Å². The molecule has 3 atom stereocenters. The van der Waals surface area contributed by atoms with Gasteiger partial charge in [0.2, 0.25) is 0 Å². The smallest absolute Gasteiger partial charge is 0.314 e. The molecule has 0 unspecified atom stereocenters. The molecule has 2 fully saturated rings. The highest BCUT2D eigenvalue weighted by Crippen LogP contribution is 2.53. The van der Waals surface area contributed by atoms with Gasteiger partial charge in [-0.05, 0) is 44.2 Å². The third-order valence-corrected chi connectivity index (χ3v) is 6.76. The summed E-state index contributed by atoms with van der Waals surface area (Å²) in [6.07, 6.45) is 3.70. The molecule has 2 bridgehead atoms. The second-order valence-corrected chi connectivity index (χ2v) is 8.32. The zero-order chi connectivity index (χ0) is 21.1. The van der Waals surface area contributed by atoms with Crippen LogP contribution in [-0.4, -0.2) is 43.8 Å². The van der Waals surface area contributed by atoms with Crippen molar-refractivity contribution in [1.82, 2.24) is 4.90 Å². The van der Waals surface area contributed by atoms with Crippen LogP contribution >= 0.6 is 0 Å². The predicted molar refractivity (Wildman–Crippen MR) is 116 cm³/mol. The topological polar surface area (TPSA) is 48.0 Å². The summed E-state index contributed by atoms with van der Waals surface area (Å²) in [4.78, 5) is 15.8. The first kappa shape index (κ1) is 20.7. The van der Waals surface area contributed by atoms with Gasteiger partial charge in [0.05, 0.1) is 26.2 Å². The minimum Gasteiger partial charge on any atom is -0.493 e. The highest BCUT2D eigenvalue weighted by molar-refractivity contribution is 5.79. The molecule has 2 aliphatic heterocycles. The number of esters is 1. The van der Waals surface area contributed by atoms with Crippen LogP contribution < -0.4 is 9.47 Å². The van der Waals surface area contributed by atoms with Crippen molar-refractivity contribution in [2.45, 2.75) is 51.2 Å². The maximum Gasteiger partial charge on any atom is 0.314 e. The van der Waals surface area contributed by atoms with Gasteiger partial charge in [-0.1, -0.05) is 42.5 Å². The lowest BCUT2D eigenvalue weighted by Gasteiger charge is -2.35. The van der Waals surface area contributed by atoms with Crippen LogP contribution in [0.5, 0.6) is 11.5 Å². The quantitative estimate of drug-likeness (QED) is 0.611. The minimum atomic E-state index is -0.494. The van der Waals surface area contributed by atoms with Gasteiger partial charge in [-0.3, -0.25) is 9.69 Å². The number of hydrogen-bond acceptors (Lipinski definition) is 5. The van der Waals surface area contributed by atoms with Gasteiger partial charge in [0.1, 0.15) is 0 Å². The molecule has 0 amide bonds. The summed E-state index contributed by atoms with van der Waals surface area (Å²) < 4.78 is 16.8. The molecule has 2 heterocycles. The Balaban J connectivity index is 1.65. The van der Waals surface area contributed by atoms with Crippen LogP contribution in [0.15, 0.2) is 48.5 Å². The molecule has 2 aromatic carbocycles. The van der Waals surface area contributed by atoms with Gasteiger partial charge in [-0.25, -0.2) is 0 Å². The fourth-order valence-corrected chi connectivity index (χ4v) is 5.54. The molecule has 4 rings (SSSR count). The third-order valence-electron chi connectivity index (χ3n) is 6.76. The van der Waals surface area contributed by atoms with Crippen LogP contribution in [0.1, 0.15) is 37.3 Å². The van der Waals surface area contributed by atoms with Crippen molar-refractivity contribution < 1.29 is 19.0 Å². The number of carbonyl (C=O) groups is 1. The number of ether oxygens (including phenoxy) is 3. The summed E-state index contributed by atoms with van der Waals surface area (Å²) in [5.74, 6) is 1.46. The van der Waals surface area contributed by atoms with Crippen molar-refractivity contribution in [3.05, 3.63) is 59.7 Å². The molecular weight excluding hydrogens is 378 g/mol. The Morgan fingerprint density at radius 3 is 2.57 bits per heavy atom. The van der Waals surface area contributed by atoms with Gasteiger partial charge in [0.25, 0.3) is 0 Å². The maximum atomic E-state index is 13.3. The van der Waals surface area contributed by atoms with Crippen molar-refractivity contribution in [1.29, 1.82) is 0 Å². The van der Waals surface area contributed by atoms with E-state index < -0.39 is 5.41 Å². The highest BCUT2D eigenvalue weighted by atomic mass is 16.5. The van der Waals surface area contributed by atoms with Crippen molar-refractivity contribution in [2.75, 3.05) is 20.8 Å². The normalized spacial score (nSPS) is 25.3. The number of carbonyl (C=O) groups excluding carboxylic acids is 1. The first-order chi connectivity index (χ1) is 14.6. The van der Waals surface area contributed by atoms with E-state index >= 15 is 0 Å². The lowest BCUT2D eigenvalue weighted by atomic mass is 9.70. The SMILES string of the molecule is CCOC(=O)[C@]1(Cc2ccccc2)C[C@@H]2CC[C@H]1N2Cc1cccc(OC)c1OC. The van der Waals surface area contributed by atoms with E-state index in [0.717, 1.165) is 49.3 Å². The largest absolute Gasteiger partial charge is 0.493 e.